The fourth-order valence-electron chi connectivity index (χ4n) is 2.07. The minimum absolute atomic E-state index is 0.167. The van der Waals surface area contributed by atoms with Crippen LogP contribution in [0.1, 0.15) is 17.5 Å². The van der Waals surface area contributed by atoms with Gasteiger partial charge in [-0.2, -0.15) is 0 Å². The van der Waals surface area contributed by atoms with Gasteiger partial charge >= 0.3 is 0 Å². The Hall–Kier alpha value is -1.67. The molecule has 0 saturated carbocycles. The van der Waals surface area contributed by atoms with Crippen molar-refractivity contribution in [1.82, 2.24) is 5.32 Å². The summed E-state index contributed by atoms with van der Waals surface area (Å²) in [6.45, 7) is 1.97. The van der Waals surface area contributed by atoms with Crippen LogP contribution in [0.3, 0.4) is 0 Å². The summed E-state index contributed by atoms with van der Waals surface area (Å²) in [7, 11) is 0. The molecule has 1 N–H and O–H groups in total. The molecule has 2 rings (SSSR count). The summed E-state index contributed by atoms with van der Waals surface area (Å²) in [5.74, 6) is -0.167. The Bertz CT molecular complexity index is 464. The van der Waals surface area contributed by atoms with Gasteiger partial charge in [0.2, 0.25) is 0 Å². The number of rotatable bonds is 7. The number of hydrogen-bond acceptors (Lipinski definition) is 1. The molecule has 100 valence electrons. The van der Waals surface area contributed by atoms with Crippen LogP contribution in [0.2, 0.25) is 0 Å². The molecular formula is C17H20FN. The Kier molecular flexibility index (Phi) is 5.57. The summed E-state index contributed by atoms with van der Waals surface area (Å²) >= 11 is 0. The summed E-state index contributed by atoms with van der Waals surface area (Å²) in [6.07, 6.45) is 3.21. The standard InChI is InChI=1S/C17H20FN/c18-17-10-8-16(9-11-17)12-14-19-13-4-7-15-5-2-1-3-6-15/h1-3,5-6,8-11,19H,4,7,12-14H2. The number of aryl methyl sites for hydroxylation is 1. The first kappa shape index (κ1) is 13.8. The summed E-state index contributed by atoms with van der Waals surface area (Å²) < 4.78 is 12.7. The quantitative estimate of drug-likeness (QED) is 0.747. The minimum atomic E-state index is -0.167. The Morgan fingerprint density at radius 2 is 1.42 bits per heavy atom. The third kappa shape index (κ3) is 5.23. The molecule has 0 aliphatic heterocycles. The van der Waals surface area contributed by atoms with Crippen molar-refractivity contribution in [3.8, 4) is 0 Å². The van der Waals surface area contributed by atoms with Gasteiger partial charge in [0.1, 0.15) is 5.82 Å². The van der Waals surface area contributed by atoms with Crippen molar-refractivity contribution >= 4 is 0 Å². The molecule has 0 radical (unpaired) electrons. The first-order chi connectivity index (χ1) is 9.34. The number of benzene rings is 2. The molecule has 0 bridgehead atoms. The smallest absolute Gasteiger partial charge is 0.123 e. The molecule has 2 aromatic carbocycles. The predicted octanol–water partition coefficient (Wildman–Crippen LogP) is 3.59. The van der Waals surface area contributed by atoms with Crippen LogP contribution in [0, 0.1) is 5.82 Å². The Labute approximate surface area is 114 Å². The lowest BCUT2D eigenvalue weighted by molar-refractivity contribution is 0.624. The molecule has 0 aromatic heterocycles. The fraction of sp³-hybridized carbons (Fsp3) is 0.294. The van der Waals surface area contributed by atoms with E-state index in [-0.39, 0.29) is 5.82 Å². The molecule has 0 aliphatic rings. The first-order valence-electron chi connectivity index (χ1n) is 6.84. The van der Waals surface area contributed by atoms with Crippen LogP contribution < -0.4 is 5.32 Å². The maximum absolute atomic E-state index is 12.7. The third-order valence-corrected chi connectivity index (χ3v) is 3.17. The van der Waals surface area contributed by atoms with Gasteiger partial charge in [-0.15, -0.1) is 0 Å². The van der Waals surface area contributed by atoms with Gasteiger partial charge in [0.05, 0.1) is 0 Å². The highest BCUT2D eigenvalue weighted by atomic mass is 19.1. The normalized spacial score (nSPS) is 10.6. The lowest BCUT2D eigenvalue weighted by Gasteiger charge is -2.05. The van der Waals surface area contributed by atoms with Gasteiger partial charge in [-0.25, -0.2) is 4.39 Å². The molecule has 2 heteroatoms. The van der Waals surface area contributed by atoms with Crippen molar-refractivity contribution in [2.75, 3.05) is 13.1 Å². The topological polar surface area (TPSA) is 12.0 Å². The highest BCUT2D eigenvalue weighted by molar-refractivity contribution is 5.16. The van der Waals surface area contributed by atoms with E-state index in [1.165, 1.54) is 23.3 Å². The zero-order valence-corrected chi connectivity index (χ0v) is 11.1. The van der Waals surface area contributed by atoms with Gasteiger partial charge in [-0.1, -0.05) is 42.5 Å². The van der Waals surface area contributed by atoms with E-state index in [0.29, 0.717) is 0 Å². The van der Waals surface area contributed by atoms with Crippen LogP contribution >= 0.6 is 0 Å². The van der Waals surface area contributed by atoms with Gasteiger partial charge in [0.25, 0.3) is 0 Å². The molecule has 0 atom stereocenters. The zero-order chi connectivity index (χ0) is 13.3. The van der Waals surface area contributed by atoms with E-state index in [4.69, 9.17) is 0 Å². The highest BCUT2D eigenvalue weighted by Crippen LogP contribution is 2.03. The van der Waals surface area contributed by atoms with Crippen molar-refractivity contribution in [3.05, 3.63) is 71.5 Å². The molecule has 0 spiro atoms. The molecule has 1 nitrogen and oxygen atoms in total. The molecule has 0 unspecified atom stereocenters. The molecule has 0 heterocycles. The van der Waals surface area contributed by atoms with E-state index in [0.717, 1.165) is 32.4 Å². The lowest BCUT2D eigenvalue weighted by Crippen LogP contribution is -2.19. The van der Waals surface area contributed by atoms with E-state index in [1.807, 2.05) is 18.2 Å². The van der Waals surface area contributed by atoms with Gasteiger partial charge in [-0.3, -0.25) is 0 Å². The lowest BCUT2D eigenvalue weighted by atomic mass is 10.1. The number of halogens is 1. The van der Waals surface area contributed by atoms with E-state index < -0.39 is 0 Å². The Morgan fingerprint density at radius 3 is 2.16 bits per heavy atom. The van der Waals surface area contributed by atoms with Gasteiger partial charge in [0.15, 0.2) is 0 Å². The van der Waals surface area contributed by atoms with Crippen molar-refractivity contribution in [2.24, 2.45) is 0 Å². The summed E-state index contributed by atoms with van der Waals surface area (Å²) in [5, 5.41) is 3.42. The van der Waals surface area contributed by atoms with Crippen molar-refractivity contribution in [1.29, 1.82) is 0 Å². The molecular weight excluding hydrogens is 237 g/mol. The number of hydrogen-bond donors (Lipinski definition) is 1. The van der Waals surface area contributed by atoms with Crippen LogP contribution in [0.5, 0.6) is 0 Å². The second kappa shape index (κ2) is 7.70. The predicted molar refractivity (Wildman–Crippen MR) is 77.7 cm³/mol. The van der Waals surface area contributed by atoms with E-state index in [2.05, 4.69) is 29.6 Å². The fourth-order valence-corrected chi connectivity index (χ4v) is 2.07. The monoisotopic (exact) mass is 257 g/mol. The Balaban J connectivity index is 1.56. The molecule has 0 saturated heterocycles. The summed E-state index contributed by atoms with van der Waals surface area (Å²) in [6, 6.07) is 17.3. The van der Waals surface area contributed by atoms with Gasteiger partial charge in [0, 0.05) is 0 Å². The second-order valence-electron chi connectivity index (χ2n) is 4.72. The SMILES string of the molecule is Fc1ccc(CCNCCCc2ccccc2)cc1. The van der Waals surface area contributed by atoms with Crippen LogP contribution in [-0.4, -0.2) is 13.1 Å². The van der Waals surface area contributed by atoms with Gasteiger partial charge in [-0.05, 0) is 55.6 Å². The minimum Gasteiger partial charge on any atom is -0.316 e. The molecule has 2 aromatic rings. The second-order valence-corrected chi connectivity index (χ2v) is 4.72. The third-order valence-electron chi connectivity index (χ3n) is 3.17. The molecule has 0 fully saturated rings. The van der Waals surface area contributed by atoms with Crippen molar-refractivity contribution in [2.45, 2.75) is 19.3 Å². The summed E-state index contributed by atoms with van der Waals surface area (Å²) in [5.41, 5.74) is 2.57. The zero-order valence-electron chi connectivity index (χ0n) is 11.1. The average molecular weight is 257 g/mol. The summed E-state index contributed by atoms with van der Waals surface area (Å²) in [4.78, 5) is 0. The number of nitrogens with one attached hydrogen (secondary N) is 1. The van der Waals surface area contributed by atoms with Crippen LogP contribution in [0.15, 0.2) is 54.6 Å². The highest BCUT2D eigenvalue weighted by Gasteiger charge is 1.95. The average Bonchev–Trinajstić information content (AvgIpc) is 2.46. The largest absolute Gasteiger partial charge is 0.316 e. The first-order valence-corrected chi connectivity index (χ1v) is 6.84. The van der Waals surface area contributed by atoms with Crippen molar-refractivity contribution in [3.63, 3.8) is 0 Å². The maximum atomic E-state index is 12.7. The molecule has 0 aliphatic carbocycles. The van der Waals surface area contributed by atoms with Crippen LogP contribution in [-0.2, 0) is 12.8 Å². The van der Waals surface area contributed by atoms with Crippen molar-refractivity contribution < 1.29 is 4.39 Å². The maximum Gasteiger partial charge on any atom is 0.123 e. The van der Waals surface area contributed by atoms with E-state index >= 15 is 0 Å². The van der Waals surface area contributed by atoms with E-state index in [9.17, 15) is 4.39 Å². The molecule has 0 amide bonds. The molecule has 19 heavy (non-hydrogen) atoms. The Morgan fingerprint density at radius 1 is 0.737 bits per heavy atom. The van der Waals surface area contributed by atoms with Crippen LogP contribution in [0.4, 0.5) is 4.39 Å². The van der Waals surface area contributed by atoms with E-state index in [1.54, 1.807) is 0 Å². The van der Waals surface area contributed by atoms with Gasteiger partial charge < -0.3 is 5.32 Å². The van der Waals surface area contributed by atoms with Crippen LogP contribution in [0.25, 0.3) is 0 Å².